The summed E-state index contributed by atoms with van der Waals surface area (Å²) in [4.78, 5) is 16.3. The molecule has 0 spiro atoms. The second-order valence-electron chi connectivity index (χ2n) is 7.05. The predicted molar refractivity (Wildman–Crippen MR) is 108 cm³/mol. The molecule has 3 rings (SSSR count). The van der Waals surface area contributed by atoms with Crippen LogP contribution in [0.3, 0.4) is 0 Å². The second kappa shape index (κ2) is 8.27. The molecule has 26 heavy (non-hydrogen) atoms. The Kier molecular flexibility index (Phi) is 6.04. The van der Waals surface area contributed by atoms with Crippen molar-refractivity contribution in [2.75, 3.05) is 13.2 Å². The summed E-state index contributed by atoms with van der Waals surface area (Å²) in [5.74, 6) is 0.994. The highest BCUT2D eigenvalue weighted by Gasteiger charge is 2.15. The van der Waals surface area contributed by atoms with Gasteiger partial charge in [0.2, 0.25) is 0 Å². The first-order chi connectivity index (χ1) is 12.4. The third-order valence-corrected chi connectivity index (χ3v) is 5.57. The Hall–Kier alpha value is -1.79. The number of nitrogens with zero attached hydrogens (tertiary/aromatic N) is 1. The number of nitrogens with two attached hydrogens (primary N) is 1. The maximum atomic E-state index is 11.9. The number of thioether (sulfide) groups is 1. The monoisotopic (exact) mass is 374 g/mol. The molecule has 1 aliphatic heterocycles. The molecule has 6 heteroatoms. The molecule has 0 amide bonds. The van der Waals surface area contributed by atoms with Crippen molar-refractivity contribution in [1.82, 2.24) is 0 Å². The minimum absolute atomic E-state index is 0.190. The lowest BCUT2D eigenvalue weighted by Crippen LogP contribution is -2.14. The lowest BCUT2D eigenvalue weighted by molar-refractivity contribution is 0.118. The molecule has 2 N–H and O–H groups in total. The summed E-state index contributed by atoms with van der Waals surface area (Å²) in [6.07, 6.45) is 2.33. The van der Waals surface area contributed by atoms with Gasteiger partial charge in [0, 0.05) is 23.8 Å². The van der Waals surface area contributed by atoms with Gasteiger partial charge < -0.3 is 14.9 Å². The van der Waals surface area contributed by atoms with Crippen molar-refractivity contribution in [2.24, 2.45) is 10.7 Å². The molecule has 1 saturated heterocycles. The van der Waals surface area contributed by atoms with Gasteiger partial charge >= 0.3 is 5.63 Å². The van der Waals surface area contributed by atoms with Crippen molar-refractivity contribution >= 4 is 27.9 Å². The average molecular weight is 375 g/mol. The van der Waals surface area contributed by atoms with Gasteiger partial charge in [-0.3, -0.25) is 4.99 Å². The van der Waals surface area contributed by atoms with Crippen molar-refractivity contribution < 1.29 is 9.15 Å². The van der Waals surface area contributed by atoms with Crippen LogP contribution < -0.4 is 11.4 Å². The standard InChI is InChI=1S/C20H26N2O3S/c1-12(2)16-9-17-14(8-19(23)25-18(17)7-13(16)3)11-26-20(21)22-10-15-5-4-6-24-15/h7-9,12,15H,4-6,10-11H2,1-3H3,(H2,21,22)/t15-/m1/s1. The van der Waals surface area contributed by atoms with Crippen molar-refractivity contribution in [3.8, 4) is 0 Å². The molecule has 0 unspecified atom stereocenters. The molecule has 1 atom stereocenters. The third-order valence-electron chi connectivity index (χ3n) is 4.69. The average Bonchev–Trinajstić information content (AvgIpc) is 3.10. The maximum Gasteiger partial charge on any atom is 0.336 e. The topological polar surface area (TPSA) is 77.8 Å². The number of ether oxygens (including phenoxy) is 1. The lowest BCUT2D eigenvalue weighted by atomic mass is 9.95. The molecule has 1 aromatic heterocycles. The molecule has 1 aromatic carbocycles. The first-order valence-electron chi connectivity index (χ1n) is 9.05. The second-order valence-corrected chi connectivity index (χ2v) is 8.05. The van der Waals surface area contributed by atoms with Crippen LogP contribution in [-0.2, 0) is 10.5 Å². The van der Waals surface area contributed by atoms with Gasteiger partial charge in [-0.05, 0) is 54.5 Å². The van der Waals surface area contributed by atoms with Crippen LogP contribution >= 0.6 is 11.8 Å². The predicted octanol–water partition coefficient (Wildman–Crippen LogP) is 3.95. The van der Waals surface area contributed by atoms with Crippen molar-refractivity contribution in [3.63, 3.8) is 0 Å². The summed E-state index contributed by atoms with van der Waals surface area (Å²) in [5, 5.41) is 1.50. The molecule has 1 aliphatic rings. The summed E-state index contributed by atoms with van der Waals surface area (Å²) >= 11 is 1.45. The van der Waals surface area contributed by atoms with Crippen LogP contribution in [0.2, 0.25) is 0 Å². The molecule has 5 nitrogen and oxygen atoms in total. The smallest absolute Gasteiger partial charge is 0.336 e. The lowest BCUT2D eigenvalue weighted by Gasteiger charge is -2.13. The first kappa shape index (κ1) is 19.0. The SMILES string of the molecule is Cc1cc2oc(=O)cc(CSC(N)=NC[C@H]3CCCO3)c2cc1C(C)C. The van der Waals surface area contributed by atoms with Crippen LogP contribution in [0, 0.1) is 6.92 Å². The van der Waals surface area contributed by atoms with Gasteiger partial charge in [-0.25, -0.2) is 4.79 Å². The van der Waals surface area contributed by atoms with E-state index in [1.54, 1.807) is 6.07 Å². The van der Waals surface area contributed by atoms with E-state index in [1.807, 2.05) is 13.0 Å². The van der Waals surface area contributed by atoms with Crippen LogP contribution in [-0.4, -0.2) is 24.4 Å². The largest absolute Gasteiger partial charge is 0.423 e. The molecule has 0 radical (unpaired) electrons. The zero-order valence-corrected chi connectivity index (χ0v) is 16.4. The molecule has 0 bridgehead atoms. The summed E-state index contributed by atoms with van der Waals surface area (Å²) < 4.78 is 11.0. The van der Waals surface area contributed by atoms with E-state index in [9.17, 15) is 4.79 Å². The van der Waals surface area contributed by atoms with Gasteiger partial charge in [0.1, 0.15) is 5.58 Å². The number of amidine groups is 1. The Morgan fingerprint density at radius 3 is 2.88 bits per heavy atom. The zero-order chi connectivity index (χ0) is 18.7. The molecule has 140 valence electrons. The summed E-state index contributed by atoms with van der Waals surface area (Å²) in [6.45, 7) is 7.80. The first-order valence-corrected chi connectivity index (χ1v) is 10.0. The quantitative estimate of drug-likeness (QED) is 0.487. The van der Waals surface area contributed by atoms with E-state index in [4.69, 9.17) is 14.9 Å². The van der Waals surface area contributed by atoms with Crippen LogP contribution in [0.1, 0.15) is 49.3 Å². The van der Waals surface area contributed by atoms with Gasteiger partial charge in [-0.15, -0.1) is 0 Å². The van der Waals surface area contributed by atoms with Gasteiger partial charge in [-0.1, -0.05) is 25.6 Å². The molecule has 1 fully saturated rings. The number of aliphatic imine (C=N–C) groups is 1. The molecule has 2 heterocycles. The number of hydrogen-bond donors (Lipinski definition) is 1. The number of aryl methyl sites for hydroxylation is 1. The van der Waals surface area contributed by atoms with E-state index in [-0.39, 0.29) is 11.7 Å². The van der Waals surface area contributed by atoms with Crippen molar-refractivity contribution in [2.45, 2.75) is 51.4 Å². The van der Waals surface area contributed by atoms with Gasteiger partial charge in [-0.2, -0.15) is 0 Å². The Bertz CT molecular complexity index is 867. The van der Waals surface area contributed by atoms with E-state index in [0.29, 0.717) is 29.0 Å². The Balaban J connectivity index is 1.81. The molecular weight excluding hydrogens is 348 g/mol. The maximum absolute atomic E-state index is 11.9. The molecule has 0 aliphatic carbocycles. The Morgan fingerprint density at radius 2 is 2.19 bits per heavy atom. The van der Waals surface area contributed by atoms with Gasteiger partial charge in [0.15, 0.2) is 5.17 Å². The third kappa shape index (κ3) is 4.48. The van der Waals surface area contributed by atoms with Gasteiger partial charge in [0.25, 0.3) is 0 Å². The number of hydrogen-bond acceptors (Lipinski definition) is 5. The summed E-state index contributed by atoms with van der Waals surface area (Å²) in [6, 6.07) is 5.64. The van der Waals surface area contributed by atoms with Crippen molar-refractivity contribution in [3.05, 3.63) is 45.3 Å². The van der Waals surface area contributed by atoms with E-state index in [1.165, 1.54) is 17.3 Å². The molecular formula is C20H26N2O3S. The minimum atomic E-state index is -0.334. The molecule has 0 saturated carbocycles. The highest BCUT2D eigenvalue weighted by molar-refractivity contribution is 8.13. The van der Waals surface area contributed by atoms with Crippen LogP contribution in [0.5, 0.6) is 0 Å². The highest BCUT2D eigenvalue weighted by atomic mass is 32.2. The van der Waals surface area contributed by atoms with Crippen LogP contribution in [0.4, 0.5) is 0 Å². The molecule has 2 aromatic rings. The Labute approximate surface area is 158 Å². The summed E-state index contributed by atoms with van der Waals surface area (Å²) in [5.41, 5.74) is 9.66. The number of rotatable bonds is 5. The minimum Gasteiger partial charge on any atom is -0.423 e. The number of fused-ring (bicyclic) bond motifs is 1. The normalized spacial score (nSPS) is 18.2. The fourth-order valence-corrected chi connectivity index (χ4v) is 4.02. The number of benzene rings is 1. The summed E-state index contributed by atoms with van der Waals surface area (Å²) in [7, 11) is 0. The van der Waals surface area contributed by atoms with Crippen LogP contribution in [0.15, 0.2) is 32.4 Å². The van der Waals surface area contributed by atoms with E-state index in [0.717, 1.165) is 36.0 Å². The fraction of sp³-hybridized carbons (Fsp3) is 0.500. The fourth-order valence-electron chi connectivity index (χ4n) is 3.31. The zero-order valence-electron chi connectivity index (χ0n) is 15.6. The highest BCUT2D eigenvalue weighted by Crippen LogP contribution is 2.28. The van der Waals surface area contributed by atoms with Crippen LogP contribution in [0.25, 0.3) is 11.0 Å². The van der Waals surface area contributed by atoms with E-state index < -0.39 is 0 Å². The van der Waals surface area contributed by atoms with Gasteiger partial charge in [0.05, 0.1) is 12.6 Å². The van der Waals surface area contributed by atoms with E-state index in [2.05, 4.69) is 24.9 Å². The van der Waals surface area contributed by atoms with E-state index >= 15 is 0 Å². The van der Waals surface area contributed by atoms with Crippen molar-refractivity contribution in [1.29, 1.82) is 0 Å². The Morgan fingerprint density at radius 1 is 1.38 bits per heavy atom.